The minimum atomic E-state index is -2.45. The van der Waals surface area contributed by atoms with Gasteiger partial charge >= 0.3 is 0 Å². The number of hydrogen-bond donors (Lipinski definition) is 0. The van der Waals surface area contributed by atoms with Gasteiger partial charge in [0.05, 0.1) is 0 Å². The van der Waals surface area contributed by atoms with E-state index >= 15 is 0 Å². The predicted molar refractivity (Wildman–Crippen MR) is 124 cm³/mol. The molecule has 0 fully saturated rings. The minimum absolute atomic E-state index is 0.268. The quantitative estimate of drug-likeness (QED) is 0.390. The van der Waals surface area contributed by atoms with Crippen LogP contribution < -0.4 is 10.4 Å². The molecule has 0 unspecified atom stereocenters. The van der Waals surface area contributed by atoms with E-state index in [0.717, 1.165) is 6.04 Å². The van der Waals surface area contributed by atoms with E-state index in [4.69, 9.17) is 4.43 Å². The SMILES string of the molecule is CO[Si](CC(c1ccccc1)c1ccccc1)(c1ccccc1)c1ccccc1. The fourth-order valence-corrected chi connectivity index (χ4v) is 8.17. The number of rotatable bonds is 7. The lowest BCUT2D eigenvalue weighted by Crippen LogP contribution is -2.60. The number of benzene rings is 4. The highest BCUT2D eigenvalue weighted by Crippen LogP contribution is 2.33. The van der Waals surface area contributed by atoms with Crippen LogP contribution in [0.3, 0.4) is 0 Å². The number of hydrogen-bond acceptors (Lipinski definition) is 1. The molecule has 0 amide bonds. The van der Waals surface area contributed by atoms with Gasteiger partial charge in [0.1, 0.15) is 0 Å². The average molecular weight is 395 g/mol. The Balaban J connectivity index is 1.88. The van der Waals surface area contributed by atoms with Gasteiger partial charge in [-0.25, -0.2) is 0 Å². The molecule has 0 radical (unpaired) electrons. The average Bonchev–Trinajstić information content (AvgIpc) is 2.82. The maximum Gasteiger partial charge on any atom is 0.256 e. The van der Waals surface area contributed by atoms with Crippen molar-refractivity contribution in [2.45, 2.75) is 12.0 Å². The minimum Gasteiger partial charge on any atom is -0.411 e. The summed E-state index contributed by atoms with van der Waals surface area (Å²) in [5.74, 6) is 0.268. The third kappa shape index (κ3) is 4.09. The van der Waals surface area contributed by atoms with E-state index in [2.05, 4.69) is 121 Å². The van der Waals surface area contributed by atoms with E-state index < -0.39 is 8.32 Å². The van der Waals surface area contributed by atoms with E-state index in [9.17, 15) is 0 Å². The van der Waals surface area contributed by atoms with Crippen molar-refractivity contribution in [3.63, 3.8) is 0 Å². The van der Waals surface area contributed by atoms with Crippen LogP contribution in [0.15, 0.2) is 121 Å². The van der Waals surface area contributed by atoms with Gasteiger partial charge in [0, 0.05) is 13.0 Å². The monoisotopic (exact) mass is 394 g/mol. The fourth-order valence-electron chi connectivity index (χ4n) is 4.22. The summed E-state index contributed by atoms with van der Waals surface area (Å²) in [5.41, 5.74) is 2.67. The highest BCUT2D eigenvalue weighted by Gasteiger charge is 2.41. The third-order valence-corrected chi connectivity index (χ3v) is 9.94. The normalized spacial score (nSPS) is 11.5. The van der Waals surface area contributed by atoms with E-state index in [1.54, 1.807) is 0 Å². The summed E-state index contributed by atoms with van der Waals surface area (Å²) in [6.45, 7) is 0. The van der Waals surface area contributed by atoms with Gasteiger partial charge in [-0.15, -0.1) is 0 Å². The molecule has 0 aliphatic heterocycles. The smallest absolute Gasteiger partial charge is 0.256 e. The predicted octanol–water partition coefficient (Wildman–Crippen LogP) is 5.22. The van der Waals surface area contributed by atoms with Gasteiger partial charge in [0.2, 0.25) is 0 Å². The summed E-state index contributed by atoms with van der Waals surface area (Å²) >= 11 is 0. The van der Waals surface area contributed by atoms with Crippen molar-refractivity contribution in [3.05, 3.63) is 132 Å². The lowest BCUT2D eigenvalue weighted by atomic mass is 9.93. The molecule has 1 nitrogen and oxygen atoms in total. The molecule has 144 valence electrons. The van der Waals surface area contributed by atoms with Crippen molar-refractivity contribution in [2.24, 2.45) is 0 Å². The van der Waals surface area contributed by atoms with Crippen LogP contribution in [-0.4, -0.2) is 15.4 Å². The molecule has 0 aliphatic carbocycles. The first-order valence-electron chi connectivity index (χ1n) is 10.1. The van der Waals surface area contributed by atoms with Crippen molar-refractivity contribution >= 4 is 18.7 Å². The lowest BCUT2D eigenvalue weighted by Gasteiger charge is -2.34. The lowest BCUT2D eigenvalue weighted by molar-refractivity contribution is 0.412. The molecule has 0 aromatic heterocycles. The van der Waals surface area contributed by atoms with Gasteiger partial charge in [-0.2, -0.15) is 0 Å². The molecule has 0 atom stereocenters. The Bertz CT molecular complexity index is 922. The molecule has 0 saturated heterocycles. The van der Waals surface area contributed by atoms with Crippen LogP contribution in [0.25, 0.3) is 0 Å². The van der Waals surface area contributed by atoms with Gasteiger partial charge in [-0.05, 0) is 27.5 Å². The van der Waals surface area contributed by atoms with Crippen LogP contribution in [0, 0.1) is 0 Å². The Morgan fingerprint density at radius 3 is 1.24 bits per heavy atom. The van der Waals surface area contributed by atoms with Crippen LogP contribution in [0.4, 0.5) is 0 Å². The van der Waals surface area contributed by atoms with Crippen molar-refractivity contribution in [1.82, 2.24) is 0 Å². The van der Waals surface area contributed by atoms with Crippen LogP contribution in [0.5, 0.6) is 0 Å². The molecule has 0 bridgehead atoms. The highest BCUT2D eigenvalue weighted by atomic mass is 28.4. The fraction of sp³-hybridized carbons (Fsp3) is 0.111. The third-order valence-electron chi connectivity index (χ3n) is 5.72. The first-order valence-corrected chi connectivity index (χ1v) is 12.2. The zero-order valence-electron chi connectivity index (χ0n) is 16.7. The van der Waals surface area contributed by atoms with Crippen molar-refractivity contribution in [3.8, 4) is 0 Å². The van der Waals surface area contributed by atoms with Crippen LogP contribution in [0.2, 0.25) is 6.04 Å². The Labute approximate surface area is 174 Å². The molecule has 2 heteroatoms. The Hall–Kier alpha value is -2.94. The summed E-state index contributed by atoms with van der Waals surface area (Å²) in [5, 5.41) is 2.62. The van der Waals surface area contributed by atoms with Gasteiger partial charge in [0.15, 0.2) is 0 Å². The maximum atomic E-state index is 6.52. The van der Waals surface area contributed by atoms with Crippen LogP contribution >= 0.6 is 0 Å². The summed E-state index contributed by atoms with van der Waals surface area (Å²) in [7, 11) is -0.562. The molecule has 4 aromatic rings. The highest BCUT2D eigenvalue weighted by molar-refractivity contribution is 6.97. The zero-order valence-corrected chi connectivity index (χ0v) is 17.7. The Morgan fingerprint density at radius 1 is 0.552 bits per heavy atom. The Kier molecular flexibility index (Phi) is 6.04. The summed E-state index contributed by atoms with van der Waals surface area (Å²) in [6.07, 6.45) is 0. The molecular formula is C27H26OSi. The van der Waals surface area contributed by atoms with Gasteiger partial charge in [-0.1, -0.05) is 121 Å². The molecular weight excluding hydrogens is 368 g/mol. The molecule has 4 aromatic carbocycles. The molecule has 29 heavy (non-hydrogen) atoms. The maximum absolute atomic E-state index is 6.52. The molecule has 0 spiro atoms. The van der Waals surface area contributed by atoms with Crippen molar-refractivity contribution < 1.29 is 4.43 Å². The molecule has 0 aliphatic rings. The van der Waals surface area contributed by atoms with Crippen LogP contribution in [0.1, 0.15) is 17.0 Å². The van der Waals surface area contributed by atoms with Crippen molar-refractivity contribution in [2.75, 3.05) is 7.11 Å². The Morgan fingerprint density at radius 2 is 0.897 bits per heavy atom. The largest absolute Gasteiger partial charge is 0.411 e. The zero-order chi connectivity index (χ0) is 19.9. The molecule has 0 heterocycles. The van der Waals surface area contributed by atoms with Crippen LogP contribution in [-0.2, 0) is 4.43 Å². The molecule has 0 N–H and O–H groups in total. The second-order valence-electron chi connectivity index (χ2n) is 7.34. The van der Waals surface area contributed by atoms with Crippen molar-refractivity contribution in [1.29, 1.82) is 0 Å². The first kappa shape index (κ1) is 19.4. The van der Waals surface area contributed by atoms with E-state index in [0.29, 0.717) is 0 Å². The van der Waals surface area contributed by atoms with Gasteiger partial charge in [0.25, 0.3) is 8.32 Å². The second kappa shape index (κ2) is 9.04. The van der Waals surface area contributed by atoms with E-state index in [-0.39, 0.29) is 5.92 Å². The van der Waals surface area contributed by atoms with Gasteiger partial charge < -0.3 is 4.43 Å². The summed E-state index contributed by atoms with van der Waals surface area (Å²) < 4.78 is 6.52. The summed E-state index contributed by atoms with van der Waals surface area (Å²) in [4.78, 5) is 0. The second-order valence-corrected chi connectivity index (χ2v) is 11.0. The van der Waals surface area contributed by atoms with Gasteiger partial charge in [-0.3, -0.25) is 0 Å². The van der Waals surface area contributed by atoms with E-state index in [1.165, 1.54) is 21.5 Å². The summed E-state index contributed by atoms with van der Waals surface area (Å²) in [6, 6.07) is 44.2. The molecule has 0 saturated carbocycles. The first-order chi connectivity index (χ1) is 14.3. The molecule has 4 rings (SSSR count). The topological polar surface area (TPSA) is 9.23 Å². The standard InChI is InChI=1S/C27H26OSi/c1-28-29(25-18-10-4-11-19-25,26-20-12-5-13-21-26)22-27(23-14-6-2-7-15-23)24-16-8-3-9-17-24/h2-21,27H,22H2,1H3. The van der Waals surface area contributed by atoms with E-state index in [1.807, 2.05) is 7.11 Å².